The number of aromatic nitrogens is 2. The summed E-state index contributed by atoms with van der Waals surface area (Å²) in [5.41, 5.74) is 8.96. The molecule has 6 heterocycles. The van der Waals surface area contributed by atoms with Crippen LogP contribution in [0.1, 0.15) is 88.7 Å². The number of likely N-dealkylation sites (N-methyl/N-ethyl adjacent to an activating group) is 2. The number of fused-ring (bicyclic) bond motifs is 4. The minimum absolute atomic E-state index is 0. The van der Waals surface area contributed by atoms with Gasteiger partial charge in [-0.15, -0.1) is 12.4 Å². The zero-order valence-electron chi connectivity index (χ0n) is 42.5. The minimum atomic E-state index is -0.306. The van der Waals surface area contributed by atoms with Gasteiger partial charge in [0.25, 0.3) is 29.2 Å². The number of pyridine rings is 2. The summed E-state index contributed by atoms with van der Waals surface area (Å²) >= 11 is 0. The van der Waals surface area contributed by atoms with Crippen LogP contribution >= 0.6 is 12.4 Å². The number of benzene rings is 4. The van der Waals surface area contributed by atoms with Crippen LogP contribution in [0.5, 0.6) is 17.4 Å². The quantitative estimate of drug-likeness (QED) is 0.0891. The Labute approximate surface area is 436 Å². The first kappa shape index (κ1) is 52.5. The van der Waals surface area contributed by atoms with Gasteiger partial charge in [-0.2, -0.15) is 0 Å². The SMILES string of the molecule is CC(Cc1ccccc1)Oc1cc[nH]c(=O)c1C1=Nc2cc3c(cc2C1)C(=O)N(CCN(C)C)C3=O.COc1nccc(OC(C)Cc2ccccc2)c1C1=Nc2cc3c(cc2C1)C(=O)N(CCN(C)C)C3=O.Cl. The molecule has 2 unspecified atom stereocenters. The van der Waals surface area contributed by atoms with Crippen LogP contribution in [0.3, 0.4) is 0 Å². The summed E-state index contributed by atoms with van der Waals surface area (Å²) in [7, 11) is 9.19. The fourth-order valence-corrected chi connectivity index (χ4v) is 9.44. The molecule has 17 heteroatoms. The average Bonchev–Trinajstić information content (AvgIpc) is 4.10. The Morgan fingerprint density at radius 3 is 1.47 bits per heavy atom. The van der Waals surface area contributed by atoms with Gasteiger partial charge in [0.05, 0.1) is 64.4 Å². The number of nitrogens with one attached hydrogen (secondary N) is 1. The molecule has 6 aromatic rings. The Morgan fingerprint density at radius 2 is 1.03 bits per heavy atom. The van der Waals surface area contributed by atoms with Gasteiger partial charge in [-0.3, -0.25) is 43.8 Å². The van der Waals surface area contributed by atoms with Gasteiger partial charge in [0.2, 0.25) is 5.88 Å². The molecule has 0 fully saturated rings. The lowest BCUT2D eigenvalue weighted by atomic mass is 10.00. The highest BCUT2D eigenvalue weighted by molar-refractivity contribution is 6.23. The Kier molecular flexibility index (Phi) is 16.0. The molecule has 2 atom stereocenters. The number of hydrogen-bond donors (Lipinski definition) is 1. The van der Waals surface area contributed by atoms with Gasteiger partial charge in [0, 0.05) is 64.3 Å². The molecule has 4 aromatic carbocycles. The van der Waals surface area contributed by atoms with Crippen molar-refractivity contribution in [3.8, 4) is 17.4 Å². The maximum Gasteiger partial charge on any atom is 0.261 e. The maximum absolute atomic E-state index is 13.0. The van der Waals surface area contributed by atoms with E-state index >= 15 is 0 Å². The molecule has 0 aliphatic carbocycles. The fourth-order valence-electron chi connectivity index (χ4n) is 9.44. The number of aliphatic imine (C=N–C) groups is 2. The number of ether oxygens (including phenoxy) is 3. The van der Waals surface area contributed by atoms with Gasteiger partial charge in [0.15, 0.2) is 0 Å². The number of nitrogens with zero attached hydrogens (tertiary/aromatic N) is 7. The zero-order valence-corrected chi connectivity index (χ0v) is 43.3. The number of amides is 4. The van der Waals surface area contributed by atoms with E-state index < -0.39 is 0 Å². The van der Waals surface area contributed by atoms with Crippen LogP contribution in [0.15, 0.2) is 124 Å². The van der Waals surface area contributed by atoms with Crippen molar-refractivity contribution in [3.63, 3.8) is 0 Å². The lowest BCUT2D eigenvalue weighted by Crippen LogP contribution is -2.35. The first-order valence-electron chi connectivity index (χ1n) is 24.3. The molecular weight excluding hydrogens is 960 g/mol. The number of methoxy groups -OCH3 is 1. The monoisotopic (exact) mass is 1020 g/mol. The summed E-state index contributed by atoms with van der Waals surface area (Å²) < 4.78 is 18.1. The van der Waals surface area contributed by atoms with Crippen molar-refractivity contribution < 1.29 is 33.4 Å². The molecule has 74 heavy (non-hydrogen) atoms. The van der Waals surface area contributed by atoms with Crippen molar-refractivity contribution in [1.82, 2.24) is 29.6 Å². The predicted molar refractivity (Wildman–Crippen MR) is 286 cm³/mol. The number of carbonyl (C=O) groups excluding carboxylic acids is 4. The molecule has 4 amide bonds. The summed E-state index contributed by atoms with van der Waals surface area (Å²) in [4.78, 5) is 87.8. The molecule has 0 saturated heterocycles. The molecular formula is C57H59ClN8O8. The van der Waals surface area contributed by atoms with E-state index in [4.69, 9.17) is 24.2 Å². The summed E-state index contributed by atoms with van der Waals surface area (Å²) in [6.07, 6.45) is 5.26. The standard InChI is InChI=1S/C29H30N4O4.C28H28N4O4.ClH/c1-18(14-19-8-6-5-7-9-19)37-25-10-11-30-27(36-4)26(25)24-16-20-15-21-22(17-23(20)31-24)29(35)33(28(21)34)13-12-32(2)3;1-17(13-18-7-5-4-6-8-18)36-24-9-10-29-26(33)25(24)23-15-19-14-20-21(16-22(19)30-23)28(35)32(27(20)34)12-11-31(2)3;/h5-11,15,17-18H,12-14,16H2,1-4H3;4-10,14,16-17H,11-13,15H2,1-3H3,(H,29,33);1H. The number of halogens is 1. The highest BCUT2D eigenvalue weighted by atomic mass is 35.5. The Hall–Kier alpha value is -7.79. The zero-order chi connectivity index (χ0) is 51.5. The number of carbonyl (C=O) groups is 4. The number of aromatic amines is 1. The molecule has 0 saturated carbocycles. The lowest BCUT2D eigenvalue weighted by Gasteiger charge is -2.19. The summed E-state index contributed by atoms with van der Waals surface area (Å²) in [6.45, 7) is 5.88. The molecule has 1 N–H and O–H groups in total. The second kappa shape index (κ2) is 22.5. The molecule has 0 radical (unpaired) electrons. The van der Waals surface area contributed by atoms with E-state index in [0.717, 1.165) is 28.8 Å². The highest BCUT2D eigenvalue weighted by Gasteiger charge is 2.39. The van der Waals surface area contributed by atoms with Crippen molar-refractivity contribution in [3.05, 3.63) is 175 Å². The van der Waals surface area contributed by atoms with E-state index in [-0.39, 0.29) is 53.8 Å². The van der Waals surface area contributed by atoms with E-state index in [9.17, 15) is 24.0 Å². The van der Waals surface area contributed by atoms with Gasteiger partial charge in [-0.1, -0.05) is 60.7 Å². The van der Waals surface area contributed by atoms with Crippen LogP contribution in [0.25, 0.3) is 0 Å². The van der Waals surface area contributed by atoms with E-state index in [1.165, 1.54) is 15.4 Å². The second-order valence-corrected chi connectivity index (χ2v) is 19.1. The number of imide groups is 2. The molecule has 0 bridgehead atoms. The fraction of sp³-hybridized carbons (Fsp3) is 0.298. The van der Waals surface area contributed by atoms with Crippen LogP contribution < -0.4 is 19.8 Å². The summed E-state index contributed by atoms with van der Waals surface area (Å²) in [5.74, 6) is 0.399. The molecule has 382 valence electrons. The highest BCUT2D eigenvalue weighted by Crippen LogP contribution is 2.40. The van der Waals surface area contributed by atoms with Crippen LogP contribution in [0, 0.1) is 0 Å². The van der Waals surface area contributed by atoms with Crippen LogP contribution in [-0.2, 0) is 25.7 Å². The second-order valence-electron chi connectivity index (χ2n) is 19.1. The van der Waals surface area contributed by atoms with Crippen molar-refractivity contribution >= 4 is 58.8 Å². The van der Waals surface area contributed by atoms with Crippen LogP contribution in [0.4, 0.5) is 11.4 Å². The summed E-state index contributed by atoms with van der Waals surface area (Å²) in [6, 6.07) is 30.7. The first-order chi connectivity index (χ1) is 35.2. The van der Waals surface area contributed by atoms with Gasteiger partial charge in [-0.25, -0.2) is 4.98 Å². The average molecular weight is 1020 g/mol. The van der Waals surface area contributed by atoms with Crippen molar-refractivity contribution in [2.45, 2.75) is 51.7 Å². The van der Waals surface area contributed by atoms with E-state index in [1.807, 2.05) is 106 Å². The normalized spacial score (nSPS) is 14.9. The van der Waals surface area contributed by atoms with Gasteiger partial charge in [0.1, 0.15) is 22.6 Å². The van der Waals surface area contributed by atoms with Crippen molar-refractivity contribution in [2.75, 3.05) is 61.5 Å². The molecule has 4 aliphatic heterocycles. The largest absolute Gasteiger partial charge is 0.489 e. The summed E-state index contributed by atoms with van der Waals surface area (Å²) in [5, 5.41) is 0. The number of rotatable bonds is 17. The van der Waals surface area contributed by atoms with E-state index in [2.05, 4.69) is 22.1 Å². The Morgan fingerprint density at radius 1 is 0.595 bits per heavy atom. The number of hydrogen-bond acceptors (Lipinski definition) is 13. The third-order valence-corrected chi connectivity index (χ3v) is 13.1. The Balaban J connectivity index is 0.000000194. The minimum Gasteiger partial charge on any atom is -0.489 e. The Bertz CT molecular complexity index is 3250. The maximum atomic E-state index is 13.0. The van der Waals surface area contributed by atoms with Crippen LogP contribution in [-0.4, -0.2) is 138 Å². The molecule has 16 nitrogen and oxygen atoms in total. The number of H-pyrrole nitrogens is 1. The van der Waals surface area contributed by atoms with E-state index in [1.54, 1.807) is 49.8 Å². The predicted octanol–water partition coefficient (Wildman–Crippen LogP) is 7.58. The van der Waals surface area contributed by atoms with Crippen molar-refractivity contribution in [2.24, 2.45) is 9.98 Å². The van der Waals surface area contributed by atoms with Gasteiger partial charge in [-0.05, 0) is 101 Å². The smallest absolute Gasteiger partial charge is 0.261 e. The third-order valence-electron chi connectivity index (χ3n) is 13.1. The van der Waals surface area contributed by atoms with Gasteiger partial charge >= 0.3 is 0 Å². The third kappa shape index (κ3) is 11.1. The topological polar surface area (TPSA) is 179 Å². The molecule has 0 spiro atoms. The van der Waals surface area contributed by atoms with Crippen LogP contribution in [0.2, 0.25) is 0 Å². The van der Waals surface area contributed by atoms with Gasteiger partial charge < -0.3 is 29.0 Å². The molecule has 4 aliphatic rings. The first-order valence-corrected chi connectivity index (χ1v) is 24.3. The van der Waals surface area contributed by atoms with E-state index in [0.29, 0.717) is 113 Å². The van der Waals surface area contributed by atoms with Crippen molar-refractivity contribution in [1.29, 1.82) is 0 Å². The lowest BCUT2D eigenvalue weighted by molar-refractivity contribution is 0.0629. The molecule has 2 aromatic heterocycles. The molecule has 10 rings (SSSR count).